The van der Waals surface area contributed by atoms with Gasteiger partial charge in [-0.15, -0.1) is 12.4 Å². The molecule has 0 heterocycles. The zero-order valence-corrected chi connectivity index (χ0v) is 14.5. The van der Waals surface area contributed by atoms with Gasteiger partial charge in [-0.25, -0.2) is 0 Å². The van der Waals surface area contributed by atoms with Gasteiger partial charge in [0.05, 0.1) is 19.2 Å². The van der Waals surface area contributed by atoms with E-state index >= 15 is 0 Å². The summed E-state index contributed by atoms with van der Waals surface area (Å²) in [4.78, 5) is 12.0. The Morgan fingerprint density at radius 1 is 1.32 bits per heavy atom. The second-order valence-corrected chi connectivity index (χ2v) is 5.48. The molecular weight excluding hydrogens is 304 g/mol. The van der Waals surface area contributed by atoms with Crippen molar-refractivity contribution < 1.29 is 14.3 Å². The van der Waals surface area contributed by atoms with Gasteiger partial charge in [0.1, 0.15) is 17.6 Å². The lowest BCUT2D eigenvalue weighted by Gasteiger charge is -2.24. The first-order valence-corrected chi connectivity index (χ1v) is 7.27. The van der Waals surface area contributed by atoms with Gasteiger partial charge in [-0.1, -0.05) is 13.3 Å². The van der Waals surface area contributed by atoms with Crippen molar-refractivity contribution in [1.82, 2.24) is 5.32 Å². The third-order valence-electron chi connectivity index (χ3n) is 3.23. The molecule has 0 saturated carbocycles. The van der Waals surface area contributed by atoms with Crippen molar-refractivity contribution in [3.05, 3.63) is 24.3 Å². The zero-order valence-electron chi connectivity index (χ0n) is 13.7. The zero-order chi connectivity index (χ0) is 15.9. The van der Waals surface area contributed by atoms with E-state index in [1.54, 1.807) is 14.0 Å². The summed E-state index contributed by atoms with van der Waals surface area (Å²) >= 11 is 0. The molecule has 1 aromatic carbocycles. The van der Waals surface area contributed by atoms with Crippen LogP contribution in [0.3, 0.4) is 0 Å². The van der Waals surface area contributed by atoms with Gasteiger partial charge >= 0.3 is 0 Å². The molecule has 2 atom stereocenters. The topological polar surface area (TPSA) is 73.6 Å². The number of hydrogen-bond donors (Lipinski definition) is 2. The molecular formula is C16H27ClN2O3. The molecule has 126 valence electrons. The first-order valence-electron chi connectivity index (χ1n) is 7.27. The molecule has 0 radical (unpaired) electrons. The quantitative estimate of drug-likeness (QED) is 0.768. The van der Waals surface area contributed by atoms with E-state index in [1.807, 2.05) is 38.1 Å². The molecule has 0 bridgehead atoms. The minimum absolute atomic E-state index is 0. The summed E-state index contributed by atoms with van der Waals surface area (Å²) in [7, 11) is 1.62. The Labute approximate surface area is 139 Å². The monoisotopic (exact) mass is 330 g/mol. The van der Waals surface area contributed by atoms with Crippen LogP contribution in [0.25, 0.3) is 0 Å². The van der Waals surface area contributed by atoms with E-state index in [2.05, 4.69) is 5.32 Å². The smallest absolute Gasteiger partial charge is 0.239 e. The van der Waals surface area contributed by atoms with Crippen molar-refractivity contribution in [2.45, 2.75) is 45.3 Å². The van der Waals surface area contributed by atoms with Crippen LogP contribution >= 0.6 is 12.4 Å². The summed E-state index contributed by atoms with van der Waals surface area (Å²) < 4.78 is 10.8. The second kappa shape index (κ2) is 9.54. The lowest BCUT2D eigenvalue weighted by molar-refractivity contribution is -0.126. The molecule has 0 aliphatic carbocycles. The van der Waals surface area contributed by atoms with Crippen LogP contribution < -0.4 is 20.5 Å². The van der Waals surface area contributed by atoms with Crippen LogP contribution in [-0.4, -0.2) is 31.2 Å². The molecule has 0 aromatic heterocycles. The van der Waals surface area contributed by atoms with E-state index in [4.69, 9.17) is 15.2 Å². The number of ether oxygens (including phenoxy) is 2. The van der Waals surface area contributed by atoms with E-state index in [-0.39, 0.29) is 24.4 Å². The van der Waals surface area contributed by atoms with E-state index in [9.17, 15) is 4.79 Å². The number of hydrogen-bond acceptors (Lipinski definition) is 4. The lowest BCUT2D eigenvalue weighted by atomic mass is 9.96. The summed E-state index contributed by atoms with van der Waals surface area (Å²) in [6, 6.07) is 7.33. The molecule has 0 fully saturated rings. The first kappa shape index (κ1) is 20.5. The number of benzene rings is 1. The molecule has 1 amide bonds. The van der Waals surface area contributed by atoms with Crippen molar-refractivity contribution in [3.63, 3.8) is 0 Å². The van der Waals surface area contributed by atoms with Crippen LogP contribution in [0.1, 0.15) is 33.6 Å². The van der Waals surface area contributed by atoms with Gasteiger partial charge < -0.3 is 20.5 Å². The maximum absolute atomic E-state index is 12.0. The Hall–Kier alpha value is -1.46. The Bertz CT molecular complexity index is 449. The molecule has 1 rings (SSSR count). The summed E-state index contributed by atoms with van der Waals surface area (Å²) in [6.45, 7) is 6.08. The summed E-state index contributed by atoms with van der Waals surface area (Å²) in [5.74, 6) is 1.37. The predicted octanol–water partition coefficient (Wildman–Crippen LogP) is 2.52. The number of carbonyl (C=O) groups is 1. The highest BCUT2D eigenvalue weighted by molar-refractivity contribution is 5.85. The maximum Gasteiger partial charge on any atom is 0.239 e. The van der Waals surface area contributed by atoms with E-state index in [1.165, 1.54) is 0 Å². The van der Waals surface area contributed by atoms with Crippen molar-refractivity contribution in [2.24, 2.45) is 5.73 Å². The summed E-state index contributed by atoms with van der Waals surface area (Å²) in [5, 5.41) is 2.84. The SMILES string of the molecule is CCCC(C)(N)C(=O)NCC(C)Oc1ccc(OC)cc1.Cl. The maximum atomic E-state index is 12.0. The minimum Gasteiger partial charge on any atom is -0.497 e. The van der Waals surface area contributed by atoms with E-state index < -0.39 is 5.54 Å². The van der Waals surface area contributed by atoms with Crippen LogP contribution in [0.4, 0.5) is 0 Å². The number of rotatable bonds is 8. The van der Waals surface area contributed by atoms with Gasteiger partial charge in [0.25, 0.3) is 0 Å². The number of nitrogens with two attached hydrogens (primary N) is 1. The number of nitrogens with one attached hydrogen (secondary N) is 1. The third kappa shape index (κ3) is 6.54. The van der Waals surface area contributed by atoms with E-state index in [0.29, 0.717) is 13.0 Å². The molecule has 2 unspecified atom stereocenters. The molecule has 22 heavy (non-hydrogen) atoms. The standard InChI is InChI=1S/C16H26N2O3.ClH/c1-5-10-16(3,17)15(19)18-11-12(2)21-14-8-6-13(20-4)7-9-14;/h6-9,12H,5,10-11,17H2,1-4H3,(H,18,19);1H. The van der Waals surface area contributed by atoms with Crippen LogP contribution in [0, 0.1) is 0 Å². The first-order chi connectivity index (χ1) is 9.89. The Morgan fingerprint density at radius 3 is 2.36 bits per heavy atom. The highest BCUT2D eigenvalue weighted by atomic mass is 35.5. The highest BCUT2D eigenvalue weighted by Gasteiger charge is 2.27. The fraction of sp³-hybridized carbons (Fsp3) is 0.562. The van der Waals surface area contributed by atoms with Crippen LogP contribution in [0.15, 0.2) is 24.3 Å². The summed E-state index contributed by atoms with van der Waals surface area (Å²) in [5.41, 5.74) is 5.15. The minimum atomic E-state index is -0.825. The van der Waals surface area contributed by atoms with Crippen molar-refractivity contribution >= 4 is 18.3 Å². The third-order valence-corrected chi connectivity index (χ3v) is 3.23. The lowest BCUT2D eigenvalue weighted by Crippen LogP contribution is -2.53. The molecule has 1 aromatic rings. The van der Waals surface area contributed by atoms with Gasteiger partial charge in [-0.2, -0.15) is 0 Å². The van der Waals surface area contributed by atoms with Crippen molar-refractivity contribution in [1.29, 1.82) is 0 Å². The number of halogens is 1. The van der Waals surface area contributed by atoms with Crippen LogP contribution in [-0.2, 0) is 4.79 Å². The van der Waals surface area contributed by atoms with Gasteiger partial charge in [-0.05, 0) is 44.5 Å². The molecule has 0 spiro atoms. The Morgan fingerprint density at radius 2 is 1.86 bits per heavy atom. The molecule has 6 heteroatoms. The van der Waals surface area contributed by atoms with Gasteiger partial charge in [0, 0.05) is 0 Å². The van der Waals surface area contributed by atoms with Crippen LogP contribution in [0.5, 0.6) is 11.5 Å². The van der Waals surface area contributed by atoms with Gasteiger partial charge in [0.2, 0.25) is 5.91 Å². The number of carbonyl (C=O) groups excluding carboxylic acids is 1. The van der Waals surface area contributed by atoms with Crippen molar-refractivity contribution in [3.8, 4) is 11.5 Å². The average molecular weight is 331 g/mol. The fourth-order valence-electron chi connectivity index (χ4n) is 2.00. The van der Waals surface area contributed by atoms with Crippen LogP contribution in [0.2, 0.25) is 0 Å². The average Bonchev–Trinajstić information content (AvgIpc) is 2.45. The second-order valence-electron chi connectivity index (χ2n) is 5.48. The molecule has 0 aliphatic heterocycles. The normalized spacial score (nSPS) is 14.2. The summed E-state index contributed by atoms with van der Waals surface area (Å²) in [6.07, 6.45) is 1.39. The molecule has 5 nitrogen and oxygen atoms in total. The van der Waals surface area contributed by atoms with E-state index in [0.717, 1.165) is 17.9 Å². The Kier molecular flexibility index (Phi) is 8.90. The van der Waals surface area contributed by atoms with Gasteiger partial charge in [-0.3, -0.25) is 4.79 Å². The van der Waals surface area contributed by atoms with Gasteiger partial charge in [0.15, 0.2) is 0 Å². The largest absolute Gasteiger partial charge is 0.497 e. The highest BCUT2D eigenvalue weighted by Crippen LogP contribution is 2.18. The van der Waals surface area contributed by atoms with Crippen molar-refractivity contribution in [2.75, 3.05) is 13.7 Å². The fourth-order valence-corrected chi connectivity index (χ4v) is 2.00. The number of amides is 1. The molecule has 0 saturated heterocycles. The Balaban J connectivity index is 0.00000441. The predicted molar refractivity (Wildman–Crippen MR) is 90.8 cm³/mol. The number of methoxy groups -OCH3 is 1. The molecule has 3 N–H and O–H groups in total. The molecule has 0 aliphatic rings.